The molecule has 0 amide bonds. The van der Waals surface area contributed by atoms with Gasteiger partial charge in [0.2, 0.25) is 5.82 Å². The second-order valence-electron chi connectivity index (χ2n) is 5.26. The lowest BCUT2D eigenvalue weighted by Gasteiger charge is -2.37. The molecule has 1 heterocycles. The van der Waals surface area contributed by atoms with Gasteiger partial charge in [-0.15, -0.1) is 0 Å². The standard InChI is InChI=1S/C13H22N2O3/c1-4-17-13(7-5-6-9(2)8-13)12-14-11(10(3)16)18-15-12/h9-10,16H,4-8H2,1-3H3. The topological polar surface area (TPSA) is 68.4 Å². The summed E-state index contributed by atoms with van der Waals surface area (Å²) >= 11 is 0. The smallest absolute Gasteiger partial charge is 0.255 e. The number of ether oxygens (including phenoxy) is 1. The highest BCUT2D eigenvalue weighted by atomic mass is 16.5. The van der Waals surface area contributed by atoms with E-state index in [9.17, 15) is 5.11 Å². The van der Waals surface area contributed by atoms with Crippen LogP contribution in [0.4, 0.5) is 0 Å². The number of hydrogen-bond acceptors (Lipinski definition) is 5. The van der Waals surface area contributed by atoms with Crippen molar-refractivity contribution >= 4 is 0 Å². The minimum absolute atomic E-state index is 0.266. The Hall–Kier alpha value is -0.940. The zero-order chi connectivity index (χ0) is 13.2. The van der Waals surface area contributed by atoms with Crippen LogP contribution in [0, 0.1) is 5.92 Å². The summed E-state index contributed by atoms with van der Waals surface area (Å²) in [5, 5.41) is 13.5. The van der Waals surface area contributed by atoms with Gasteiger partial charge in [0.25, 0.3) is 5.89 Å². The van der Waals surface area contributed by atoms with Gasteiger partial charge in [-0.25, -0.2) is 0 Å². The van der Waals surface area contributed by atoms with E-state index in [4.69, 9.17) is 9.26 Å². The number of aliphatic hydroxyl groups excluding tert-OH is 1. The molecule has 1 aromatic heterocycles. The maximum atomic E-state index is 9.46. The number of hydrogen-bond donors (Lipinski definition) is 1. The van der Waals surface area contributed by atoms with Crippen LogP contribution in [-0.2, 0) is 10.3 Å². The summed E-state index contributed by atoms with van der Waals surface area (Å²) in [6.07, 6.45) is 3.44. The van der Waals surface area contributed by atoms with Gasteiger partial charge < -0.3 is 14.4 Å². The van der Waals surface area contributed by atoms with E-state index in [0.29, 0.717) is 18.3 Å². The maximum Gasteiger partial charge on any atom is 0.255 e. The number of aromatic nitrogens is 2. The predicted molar refractivity (Wildman–Crippen MR) is 65.9 cm³/mol. The van der Waals surface area contributed by atoms with E-state index in [1.165, 1.54) is 6.42 Å². The Kier molecular flexibility index (Phi) is 4.02. The molecule has 3 unspecified atom stereocenters. The average molecular weight is 254 g/mol. The highest BCUT2D eigenvalue weighted by molar-refractivity contribution is 5.05. The van der Waals surface area contributed by atoms with E-state index in [2.05, 4.69) is 17.1 Å². The van der Waals surface area contributed by atoms with Crippen LogP contribution in [0.5, 0.6) is 0 Å². The molecule has 0 bridgehead atoms. The van der Waals surface area contributed by atoms with E-state index in [1.54, 1.807) is 6.92 Å². The van der Waals surface area contributed by atoms with Gasteiger partial charge in [0.05, 0.1) is 0 Å². The third-order valence-electron chi connectivity index (χ3n) is 3.58. The summed E-state index contributed by atoms with van der Waals surface area (Å²) in [4.78, 5) is 4.31. The summed E-state index contributed by atoms with van der Waals surface area (Å²) < 4.78 is 11.0. The van der Waals surface area contributed by atoms with Crippen LogP contribution in [0.25, 0.3) is 0 Å². The van der Waals surface area contributed by atoms with Gasteiger partial charge in [-0.2, -0.15) is 4.98 Å². The number of rotatable bonds is 4. The molecule has 1 fully saturated rings. The van der Waals surface area contributed by atoms with Crippen molar-refractivity contribution in [1.82, 2.24) is 10.1 Å². The van der Waals surface area contributed by atoms with Crippen LogP contribution in [-0.4, -0.2) is 21.9 Å². The van der Waals surface area contributed by atoms with Crippen LogP contribution in [0.2, 0.25) is 0 Å². The summed E-state index contributed by atoms with van der Waals surface area (Å²) in [6, 6.07) is 0. The molecule has 102 valence electrons. The molecule has 3 atom stereocenters. The van der Waals surface area contributed by atoms with Gasteiger partial charge in [-0.05, 0) is 39.0 Å². The first-order chi connectivity index (χ1) is 8.57. The lowest BCUT2D eigenvalue weighted by Crippen LogP contribution is -2.36. The Bertz CT molecular complexity index is 387. The van der Waals surface area contributed by atoms with Gasteiger partial charge in [0, 0.05) is 6.61 Å². The van der Waals surface area contributed by atoms with Gasteiger partial charge >= 0.3 is 0 Å². The van der Waals surface area contributed by atoms with Crippen molar-refractivity contribution in [3.63, 3.8) is 0 Å². The summed E-state index contributed by atoms with van der Waals surface area (Å²) in [7, 11) is 0. The van der Waals surface area contributed by atoms with Gasteiger partial charge in [0.15, 0.2) is 0 Å². The molecule has 1 aromatic rings. The normalized spacial score (nSPS) is 30.3. The molecule has 5 nitrogen and oxygen atoms in total. The minimum atomic E-state index is -0.731. The van der Waals surface area contributed by atoms with Crippen molar-refractivity contribution in [2.45, 2.75) is 58.2 Å². The molecule has 1 aliphatic carbocycles. The largest absolute Gasteiger partial charge is 0.384 e. The van der Waals surface area contributed by atoms with Crippen molar-refractivity contribution < 1.29 is 14.4 Å². The summed E-state index contributed by atoms with van der Waals surface area (Å²) in [5.74, 6) is 1.45. The molecule has 0 aliphatic heterocycles. The number of nitrogens with zero attached hydrogens (tertiary/aromatic N) is 2. The van der Waals surface area contributed by atoms with Crippen LogP contribution in [0.3, 0.4) is 0 Å². The third kappa shape index (κ3) is 2.57. The Morgan fingerprint density at radius 2 is 2.39 bits per heavy atom. The van der Waals surface area contributed by atoms with E-state index in [1.807, 2.05) is 6.92 Å². The highest BCUT2D eigenvalue weighted by Crippen LogP contribution is 2.41. The van der Waals surface area contributed by atoms with E-state index < -0.39 is 11.7 Å². The maximum absolute atomic E-state index is 9.46. The molecule has 1 N–H and O–H groups in total. The summed E-state index contributed by atoms with van der Waals surface area (Å²) in [5.41, 5.74) is -0.428. The lowest BCUT2D eigenvalue weighted by molar-refractivity contribution is -0.0891. The Labute approximate surface area is 108 Å². The molecule has 1 saturated carbocycles. The second-order valence-corrected chi connectivity index (χ2v) is 5.26. The Morgan fingerprint density at radius 1 is 1.61 bits per heavy atom. The number of aliphatic hydroxyl groups is 1. The molecule has 0 saturated heterocycles. The quantitative estimate of drug-likeness (QED) is 0.894. The van der Waals surface area contributed by atoms with E-state index in [0.717, 1.165) is 19.3 Å². The van der Waals surface area contributed by atoms with Crippen molar-refractivity contribution in [2.75, 3.05) is 6.61 Å². The SMILES string of the molecule is CCOC1(c2noc(C(C)O)n2)CCCC(C)C1. The highest BCUT2D eigenvalue weighted by Gasteiger charge is 2.41. The molecule has 5 heteroatoms. The summed E-state index contributed by atoms with van der Waals surface area (Å²) in [6.45, 7) is 6.46. The molecule has 0 radical (unpaired) electrons. The van der Waals surface area contributed by atoms with Crippen molar-refractivity contribution in [3.05, 3.63) is 11.7 Å². The zero-order valence-electron chi connectivity index (χ0n) is 11.3. The first-order valence-corrected chi connectivity index (χ1v) is 6.73. The molecule has 1 aliphatic rings. The average Bonchev–Trinajstić information content (AvgIpc) is 2.79. The molecule has 0 spiro atoms. The minimum Gasteiger partial charge on any atom is -0.384 e. The fourth-order valence-electron chi connectivity index (χ4n) is 2.77. The monoisotopic (exact) mass is 254 g/mol. The third-order valence-corrected chi connectivity index (χ3v) is 3.58. The van der Waals surface area contributed by atoms with Crippen molar-refractivity contribution in [1.29, 1.82) is 0 Å². The lowest BCUT2D eigenvalue weighted by atomic mass is 9.78. The van der Waals surface area contributed by atoms with Crippen LogP contribution < -0.4 is 0 Å². The Balaban J connectivity index is 2.27. The second kappa shape index (κ2) is 5.36. The van der Waals surface area contributed by atoms with Gasteiger partial charge in [-0.3, -0.25) is 0 Å². The molecular weight excluding hydrogens is 232 g/mol. The first kappa shape index (κ1) is 13.5. The van der Waals surface area contributed by atoms with Crippen molar-refractivity contribution in [3.8, 4) is 0 Å². The first-order valence-electron chi connectivity index (χ1n) is 6.73. The molecule has 2 rings (SSSR count). The van der Waals surface area contributed by atoms with Crippen LogP contribution >= 0.6 is 0 Å². The van der Waals surface area contributed by atoms with E-state index >= 15 is 0 Å². The molecular formula is C13H22N2O3. The molecule has 18 heavy (non-hydrogen) atoms. The zero-order valence-corrected chi connectivity index (χ0v) is 11.3. The fourth-order valence-corrected chi connectivity index (χ4v) is 2.77. The fraction of sp³-hybridized carbons (Fsp3) is 0.846. The van der Waals surface area contributed by atoms with Crippen molar-refractivity contribution in [2.24, 2.45) is 5.92 Å². The van der Waals surface area contributed by atoms with Crippen LogP contribution in [0.1, 0.15) is 64.3 Å². The van der Waals surface area contributed by atoms with Gasteiger partial charge in [-0.1, -0.05) is 18.5 Å². The van der Waals surface area contributed by atoms with E-state index in [-0.39, 0.29) is 5.89 Å². The van der Waals surface area contributed by atoms with Gasteiger partial charge in [0.1, 0.15) is 11.7 Å². The Morgan fingerprint density at radius 3 is 2.94 bits per heavy atom. The predicted octanol–water partition coefficient (Wildman–Crippen LogP) is 2.56. The van der Waals surface area contributed by atoms with Crippen LogP contribution in [0.15, 0.2) is 4.52 Å². The molecule has 0 aromatic carbocycles.